The molecule has 19 heteroatoms. The van der Waals surface area contributed by atoms with Gasteiger partial charge in [-0.25, -0.2) is 9.13 Å². The molecule has 0 saturated heterocycles. The van der Waals surface area contributed by atoms with Gasteiger partial charge >= 0.3 is 39.5 Å². The van der Waals surface area contributed by atoms with E-state index < -0.39 is 97.5 Å². The second-order valence-corrected chi connectivity index (χ2v) is 31.0. The minimum Gasteiger partial charge on any atom is -0.462 e. The Morgan fingerprint density at radius 1 is 0.275 bits per heavy atom. The first-order valence-electron chi connectivity index (χ1n) is 41.5. The molecular formula is C83H152O17P2. The molecule has 5 atom stereocenters. The highest BCUT2D eigenvalue weighted by Gasteiger charge is 2.30. The zero-order chi connectivity index (χ0) is 74.6. The summed E-state index contributed by atoms with van der Waals surface area (Å²) in [6, 6.07) is 0. The van der Waals surface area contributed by atoms with E-state index in [1.54, 1.807) is 0 Å². The van der Waals surface area contributed by atoms with Gasteiger partial charge in [-0.15, -0.1) is 0 Å². The maximum absolute atomic E-state index is 13.1. The Morgan fingerprint density at radius 2 is 0.480 bits per heavy atom. The lowest BCUT2D eigenvalue weighted by Crippen LogP contribution is -2.30. The number of ether oxygens (including phenoxy) is 4. The quantitative estimate of drug-likeness (QED) is 0.0169. The molecule has 0 bridgehead atoms. The number of phosphoric acid groups is 2. The third-order valence-electron chi connectivity index (χ3n) is 17.9. The topological polar surface area (TPSA) is 237 Å². The Labute approximate surface area is 622 Å². The molecule has 5 unspecified atom stereocenters. The number of aliphatic hydroxyl groups excluding tert-OH is 1. The maximum Gasteiger partial charge on any atom is 0.472 e. The third kappa shape index (κ3) is 75.0. The van der Waals surface area contributed by atoms with Crippen LogP contribution in [0.25, 0.3) is 0 Å². The van der Waals surface area contributed by atoms with E-state index in [2.05, 4.69) is 88.5 Å². The number of allylic oxidation sites excluding steroid dienone is 10. The van der Waals surface area contributed by atoms with Crippen molar-refractivity contribution in [2.45, 2.75) is 406 Å². The van der Waals surface area contributed by atoms with Crippen LogP contribution in [0.5, 0.6) is 0 Å². The Morgan fingerprint density at radius 3 is 0.765 bits per heavy atom. The molecule has 102 heavy (non-hydrogen) atoms. The van der Waals surface area contributed by atoms with E-state index in [4.69, 9.17) is 37.0 Å². The summed E-state index contributed by atoms with van der Waals surface area (Å²) in [5.74, 6) is -2.17. The van der Waals surface area contributed by atoms with Crippen LogP contribution in [0.3, 0.4) is 0 Å². The van der Waals surface area contributed by atoms with Gasteiger partial charge in [0.15, 0.2) is 12.2 Å². The first-order chi connectivity index (χ1) is 49.7. The van der Waals surface area contributed by atoms with Crippen molar-refractivity contribution in [3.63, 3.8) is 0 Å². The van der Waals surface area contributed by atoms with E-state index in [-0.39, 0.29) is 25.7 Å². The van der Waals surface area contributed by atoms with E-state index in [1.807, 2.05) is 0 Å². The van der Waals surface area contributed by atoms with Crippen LogP contribution in [-0.2, 0) is 65.4 Å². The highest BCUT2D eigenvalue weighted by molar-refractivity contribution is 7.47. The summed E-state index contributed by atoms with van der Waals surface area (Å²) in [6.45, 7) is 4.88. The lowest BCUT2D eigenvalue weighted by Gasteiger charge is -2.21. The number of carbonyl (C=O) groups is 4. The molecule has 0 aromatic rings. The third-order valence-corrected chi connectivity index (χ3v) is 19.8. The lowest BCUT2D eigenvalue weighted by atomic mass is 10.1. The SMILES string of the molecule is CCCCCC=CCC=CCCCCCCCC(=O)OC(COC(=O)CCCCCCCCCC=CCCCCCCCC)COP(=O)(O)OCC(O)COP(=O)(O)OCC(COC(=O)CCCCCCCCCC=CCCCCCC)OC(=O)CCCCCCCC=CCCCCCCCC. The number of hydrogen-bond acceptors (Lipinski definition) is 15. The minimum absolute atomic E-state index is 0.0820. The van der Waals surface area contributed by atoms with Crippen LogP contribution >= 0.6 is 15.6 Å². The molecule has 596 valence electrons. The smallest absolute Gasteiger partial charge is 0.462 e. The molecule has 0 saturated carbocycles. The van der Waals surface area contributed by atoms with Crippen molar-refractivity contribution in [1.29, 1.82) is 0 Å². The van der Waals surface area contributed by atoms with Gasteiger partial charge in [0.05, 0.1) is 26.4 Å². The van der Waals surface area contributed by atoms with E-state index in [0.29, 0.717) is 25.7 Å². The number of aliphatic hydroxyl groups is 1. The van der Waals surface area contributed by atoms with Gasteiger partial charge in [-0.2, -0.15) is 0 Å². The molecule has 0 spiro atoms. The van der Waals surface area contributed by atoms with Gasteiger partial charge < -0.3 is 33.8 Å². The summed E-state index contributed by atoms with van der Waals surface area (Å²) in [5, 5.41) is 10.6. The Kier molecular flexibility index (Phi) is 73.6. The number of hydrogen-bond donors (Lipinski definition) is 3. The number of carbonyl (C=O) groups excluding carboxylic acids is 4. The van der Waals surface area contributed by atoms with Gasteiger partial charge in [-0.3, -0.25) is 37.3 Å². The van der Waals surface area contributed by atoms with Crippen molar-refractivity contribution < 1.29 is 80.2 Å². The molecule has 0 heterocycles. The van der Waals surface area contributed by atoms with Crippen LogP contribution in [0.4, 0.5) is 0 Å². The average molecular weight is 1480 g/mol. The van der Waals surface area contributed by atoms with Gasteiger partial charge in [0.1, 0.15) is 19.3 Å². The first-order valence-corrected chi connectivity index (χ1v) is 44.5. The molecule has 17 nitrogen and oxygen atoms in total. The van der Waals surface area contributed by atoms with Crippen molar-refractivity contribution in [3.05, 3.63) is 60.8 Å². The van der Waals surface area contributed by atoms with Crippen LogP contribution in [0.1, 0.15) is 387 Å². The molecule has 0 radical (unpaired) electrons. The molecule has 0 aromatic carbocycles. The van der Waals surface area contributed by atoms with Crippen LogP contribution in [0, 0.1) is 0 Å². The first kappa shape index (κ1) is 98.8. The largest absolute Gasteiger partial charge is 0.472 e. The van der Waals surface area contributed by atoms with Gasteiger partial charge in [0.2, 0.25) is 0 Å². The fourth-order valence-electron chi connectivity index (χ4n) is 11.5. The monoisotopic (exact) mass is 1480 g/mol. The molecule has 0 aliphatic rings. The van der Waals surface area contributed by atoms with Crippen LogP contribution in [0.15, 0.2) is 60.8 Å². The molecular weight excluding hydrogens is 1330 g/mol. The predicted octanol–water partition coefficient (Wildman–Crippen LogP) is 24.2. The normalized spacial score (nSPS) is 14.1. The molecule has 0 aliphatic carbocycles. The molecule has 0 aliphatic heterocycles. The fraction of sp³-hybridized carbons (Fsp3) is 0.831. The van der Waals surface area contributed by atoms with Crippen molar-refractivity contribution in [2.24, 2.45) is 0 Å². The lowest BCUT2D eigenvalue weighted by molar-refractivity contribution is -0.161. The number of unbranched alkanes of at least 4 members (excludes halogenated alkanes) is 43. The minimum atomic E-state index is -4.98. The molecule has 3 N–H and O–H groups in total. The van der Waals surface area contributed by atoms with Crippen molar-refractivity contribution in [2.75, 3.05) is 39.6 Å². The van der Waals surface area contributed by atoms with Gasteiger partial charge in [0, 0.05) is 25.7 Å². The summed E-state index contributed by atoms with van der Waals surface area (Å²) in [7, 11) is -9.95. The Balaban J connectivity index is 5.34. The van der Waals surface area contributed by atoms with E-state index in [1.165, 1.54) is 154 Å². The Hall–Kier alpha value is -3.24. The van der Waals surface area contributed by atoms with Gasteiger partial charge in [-0.05, 0) is 135 Å². The summed E-state index contributed by atoms with van der Waals surface area (Å²) >= 11 is 0. The van der Waals surface area contributed by atoms with Gasteiger partial charge in [0.25, 0.3) is 0 Å². The van der Waals surface area contributed by atoms with E-state index >= 15 is 0 Å². The summed E-state index contributed by atoms with van der Waals surface area (Å²) in [5.41, 5.74) is 0. The van der Waals surface area contributed by atoms with Crippen molar-refractivity contribution in [1.82, 2.24) is 0 Å². The number of phosphoric ester groups is 2. The van der Waals surface area contributed by atoms with Crippen molar-refractivity contribution >= 4 is 39.5 Å². The number of esters is 4. The van der Waals surface area contributed by atoms with E-state index in [9.17, 15) is 43.2 Å². The average Bonchev–Trinajstić information content (AvgIpc) is 0.919. The molecule has 0 fully saturated rings. The predicted molar refractivity (Wildman–Crippen MR) is 418 cm³/mol. The molecule has 0 amide bonds. The van der Waals surface area contributed by atoms with Gasteiger partial charge in [-0.1, -0.05) is 288 Å². The van der Waals surface area contributed by atoms with Crippen LogP contribution in [0.2, 0.25) is 0 Å². The Bertz CT molecular complexity index is 2170. The summed E-state index contributed by atoms with van der Waals surface area (Å²) in [4.78, 5) is 73.1. The standard InChI is InChI=1S/C83H152O17P2/c1-5-9-13-17-21-25-29-33-37-38-42-44-48-52-56-60-64-68-81(86)94-74-79(100-83(88)70-66-62-58-54-50-46-41-36-32-28-24-20-16-12-8-4)76-98-102(91,92)96-72-77(84)71-95-101(89,90)97-75-78(99-82(87)69-65-61-57-53-49-45-40-35-31-27-23-19-15-11-7-3)73-93-80(85)67-63-59-55-51-47-43-39-34-30-26-22-18-14-10-6-2/h24,26,28,30,33,35-37,40-41,77-79,84H,5-23,25,27,29,31-32,34,38-39,42-76H2,1-4H3,(H,89,90)(H,91,92). The molecule has 0 rings (SSSR count). The van der Waals surface area contributed by atoms with Crippen LogP contribution < -0.4 is 0 Å². The van der Waals surface area contributed by atoms with Crippen molar-refractivity contribution in [3.8, 4) is 0 Å². The zero-order valence-electron chi connectivity index (χ0n) is 65.3. The molecule has 0 aromatic heterocycles. The highest BCUT2D eigenvalue weighted by Crippen LogP contribution is 2.45. The number of rotatable bonds is 79. The fourth-order valence-corrected chi connectivity index (χ4v) is 13.1. The second kappa shape index (κ2) is 76.0. The summed E-state index contributed by atoms with van der Waals surface area (Å²) < 4.78 is 68.7. The van der Waals surface area contributed by atoms with E-state index in [0.717, 1.165) is 154 Å². The second-order valence-electron chi connectivity index (χ2n) is 28.1. The maximum atomic E-state index is 13.1. The van der Waals surface area contributed by atoms with Crippen LogP contribution in [-0.4, -0.2) is 96.7 Å². The summed E-state index contributed by atoms with van der Waals surface area (Å²) in [6.07, 6.45) is 76.1. The zero-order valence-corrected chi connectivity index (χ0v) is 67.1. The highest BCUT2D eigenvalue weighted by atomic mass is 31.2.